The van der Waals surface area contributed by atoms with Crippen molar-refractivity contribution in [3.63, 3.8) is 0 Å². The number of nitrogens with zero attached hydrogens (tertiary/aromatic N) is 2. The molecule has 0 bridgehead atoms. The highest BCUT2D eigenvalue weighted by Crippen LogP contribution is 2.45. The molecule has 9 rings (SSSR count). The van der Waals surface area contributed by atoms with Crippen LogP contribution in [0, 0.1) is 0 Å². The maximum Gasteiger partial charge on any atom is 0.0632 e. The van der Waals surface area contributed by atoms with Crippen molar-refractivity contribution in [2.24, 2.45) is 0 Å². The molecule has 0 saturated heterocycles. The lowest BCUT2D eigenvalue weighted by Gasteiger charge is -2.36. The topological polar surface area (TPSA) is 6.48 Å². The molecular formula is C42H32N2. The SMILES string of the molecule is C1=c2ccc3c(N4CCc5ccccc54)ccc4ccc(c2c43)C(N(c2ccccc2)c2ccc(-c3ccccc3)cc2)C1. The molecule has 0 amide bonds. The number of fused-ring (bicyclic) bond motifs is 1. The van der Waals surface area contributed by atoms with E-state index < -0.39 is 0 Å². The standard InChI is InChI=1S/C42H32N2/c1-3-9-29(10-4-1)30-15-21-35(22-16-30)44(34-12-5-2-6-13-34)40-26-20-33-17-23-36-39(43-28-27-31-11-7-8-14-38(31)43)25-19-32-18-24-37(40)42(33)41(32)36/h1-25,40H,26-28H2. The van der Waals surface area contributed by atoms with Gasteiger partial charge in [0.25, 0.3) is 0 Å². The molecule has 7 aromatic rings. The molecule has 1 atom stereocenters. The first-order valence-electron chi connectivity index (χ1n) is 15.7. The number of hydrogen-bond acceptors (Lipinski definition) is 2. The first-order valence-corrected chi connectivity index (χ1v) is 15.7. The van der Waals surface area contributed by atoms with Crippen LogP contribution in [-0.2, 0) is 6.42 Å². The van der Waals surface area contributed by atoms with Gasteiger partial charge in [0, 0.05) is 34.7 Å². The van der Waals surface area contributed by atoms with Gasteiger partial charge < -0.3 is 9.80 Å². The van der Waals surface area contributed by atoms with Gasteiger partial charge in [-0.2, -0.15) is 0 Å². The maximum atomic E-state index is 2.54. The largest absolute Gasteiger partial charge is 0.340 e. The molecule has 2 nitrogen and oxygen atoms in total. The summed E-state index contributed by atoms with van der Waals surface area (Å²) in [6.45, 7) is 1.02. The summed E-state index contributed by atoms with van der Waals surface area (Å²) in [7, 11) is 0. The van der Waals surface area contributed by atoms with Gasteiger partial charge in [0.15, 0.2) is 0 Å². The Kier molecular flexibility index (Phi) is 5.80. The van der Waals surface area contributed by atoms with Gasteiger partial charge in [0.1, 0.15) is 0 Å². The van der Waals surface area contributed by atoms with Crippen LogP contribution in [-0.4, -0.2) is 6.54 Å². The zero-order valence-electron chi connectivity index (χ0n) is 24.5. The first-order chi connectivity index (χ1) is 21.8. The Bertz CT molecular complexity index is 2200. The minimum atomic E-state index is 0.179. The molecule has 1 aliphatic heterocycles. The minimum absolute atomic E-state index is 0.179. The van der Waals surface area contributed by atoms with Gasteiger partial charge in [-0.25, -0.2) is 0 Å². The van der Waals surface area contributed by atoms with E-state index in [1.54, 1.807) is 0 Å². The predicted molar refractivity (Wildman–Crippen MR) is 186 cm³/mol. The number of rotatable bonds is 5. The Labute approximate surface area is 258 Å². The molecule has 2 heteroatoms. The van der Waals surface area contributed by atoms with Crippen LogP contribution in [0.5, 0.6) is 0 Å². The summed E-state index contributed by atoms with van der Waals surface area (Å²) in [6.07, 6.45) is 4.49. The van der Waals surface area contributed by atoms with Crippen LogP contribution in [0.25, 0.3) is 38.7 Å². The average Bonchev–Trinajstić information content (AvgIpc) is 3.53. The molecule has 1 heterocycles. The van der Waals surface area contributed by atoms with Gasteiger partial charge in [-0.3, -0.25) is 0 Å². The van der Waals surface area contributed by atoms with E-state index in [0.29, 0.717) is 0 Å². The van der Waals surface area contributed by atoms with Crippen molar-refractivity contribution in [2.45, 2.75) is 18.9 Å². The van der Waals surface area contributed by atoms with Crippen LogP contribution < -0.4 is 15.0 Å². The third kappa shape index (κ3) is 3.95. The van der Waals surface area contributed by atoms with Crippen LogP contribution in [0.15, 0.2) is 146 Å². The van der Waals surface area contributed by atoms with E-state index in [-0.39, 0.29) is 6.04 Å². The van der Waals surface area contributed by atoms with E-state index in [4.69, 9.17) is 0 Å². The molecule has 0 aromatic heterocycles. The zero-order valence-corrected chi connectivity index (χ0v) is 24.5. The Hall–Kier alpha value is -5.34. The van der Waals surface area contributed by atoms with Crippen LogP contribution in [0.2, 0.25) is 0 Å². The second kappa shape index (κ2) is 10.1. The second-order valence-electron chi connectivity index (χ2n) is 12.0. The van der Waals surface area contributed by atoms with E-state index in [1.165, 1.54) is 71.8 Å². The van der Waals surface area contributed by atoms with E-state index in [9.17, 15) is 0 Å². The molecule has 1 unspecified atom stereocenters. The van der Waals surface area contributed by atoms with E-state index in [2.05, 4.69) is 161 Å². The predicted octanol–water partition coefficient (Wildman–Crippen LogP) is 10.1. The van der Waals surface area contributed by atoms with Gasteiger partial charge >= 0.3 is 0 Å². The highest BCUT2D eigenvalue weighted by molar-refractivity contribution is 6.16. The third-order valence-corrected chi connectivity index (χ3v) is 9.65. The summed E-state index contributed by atoms with van der Waals surface area (Å²) in [6, 6.07) is 53.8. The second-order valence-corrected chi connectivity index (χ2v) is 12.0. The number of hydrogen-bond donors (Lipinski definition) is 0. The van der Waals surface area contributed by atoms with Crippen LogP contribution in [0.1, 0.15) is 23.6 Å². The molecular weight excluding hydrogens is 532 g/mol. The van der Waals surface area contributed by atoms with E-state index in [0.717, 1.165) is 19.4 Å². The molecule has 2 aliphatic rings. The summed E-state index contributed by atoms with van der Waals surface area (Å²) in [5, 5.41) is 6.78. The summed E-state index contributed by atoms with van der Waals surface area (Å²) in [5.41, 5.74) is 10.4. The van der Waals surface area contributed by atoms with Crippen molar-refractivity contribution in [2.75, 3.05) is 16.3 Å². The molecule has 0 spiro atoms. The Morgan fingerprint density at radius 2 is 1.25 bits per heavy atom. The lowest BCUT2D eigenvalue weighted by Crippen LogP contribution is -2.27. The van der Waals surface area contributed by atoms with E-state index >= 15 is 0 Å². The van der Waals surface area contributed by atoms with Crippen molar-refractivity contribution < 1.29 is 0 Å². The molecule has 7 aromatic carbocycles. The van der Waals surface area contributed by atoms with Gasteiger partial charge in [-0.15, -0.1) is 0 Å². The Morgan fingerprint density at radius 1 is 0.545 bits per heavy atom. The van der Waals surface area contributed by atoms with Crippen LogP contribution in [0.3, 0.4) is 0 Å². The Balaban J connectivity index is 1.21. The van der Waals surface area contributed by atoms with Crippen LogP contribution in [0.4, 0.5) is 22.7 Å². The van der Waals surface area contributed by atoms with Crippen LogP contribution >= 0.6 is 0 Å². The third-order valence-electron chi connectivity index (χ3n) is 9.65. The molecule has 0 N–H and O–H groups in total. The quantitative estimate of drug-likeness (QED) is 0.205. The minimum Gasteiger partial charge on any atom is -0.340 e. The number of anilines is 4. The summed E-state index contributed by atoms with van der Waals surface area (Å²) >= 11 is 0. The maximum absolute atomic E-state index is 2.54. The fourth-order valence-corrected chi connectivity index (χ4v) is 7.61. The normalized spacial score (nSPS) is 15.4. The summed E-state index contributed by atoms with van der Waals surface area (Å²) in [4.78, 5) is 5.06. The lowest BCUT2D eigenvalue weighted by atomic mass is 9.85. The van der Waals surface area contributed by atoms with Crippen molar-refractivity contribution in [1.82, 2.24) is 0 Å². The van der Waals surface area contributed by atoms with Gasteiger partial charge in [-0.05, 0) is 92.9 Å². The zero-order chi connectivity index (χ0) is 29.0. The van der Waals surface area contributed by atoms with E-state index in [1.807, 2.05) is 0 Å². The smallest absolute Gasteiger partial charge is 0.0632 e. The summed E-state index contributed by atoms with van der Waals surface area (Å²) < 4.78 is 0. The molecule has 0 radical (unpaired) electrons. The van der Waals surface area contributed by atoms with Gasteiger partial charge in [0.2, 0.25) is 0 Å². The lowest BCUT2D eigenvalue weighted by molar-refractivity contribution is 0.726. The number of para-hydroxylation sites is 2. The van der Waals surface area contributed by atoms with Crippen molar-refractivity contribution >= 4 is 50.4 Å². The molecule has 44 heavy (non-hydrogen) atoms. The molecule has 0 saturated carbocycles. The molecule has 1 aliphatic carbocycles. The number of benzene rings is 7. The highest BCUT2D eigenvalue weighted by Gasteiger charge is 2.28. The van der Waals surface area contributed by atoms with Crippen molar-refractivity contribution in [3.8, 4) is 11.1 Å². The molecule has 210 valence electrons. The Morgan fingerprint density at radius 3 is 2.09 bits per heavy atom. The van der Waals surface area contributed by atoms with Crippen molar-refractivity contribution in [1.29, 1.82) is 0 Å². The fourth-order valence-electron chi connectivity index (χ4n) is 7.61. The summed E-state index contributed by atoms with van der Waals surface area (Å²) in [5.74, 6) is 0. The van der Waals surface area contributed by atoms with Gasteiger partial charge in [0.05, 0.1) is 6.04 Å². The fraction of sp³-hybridized carbons (Fsp3) is 0.0952. The first kappa shape index (κ1) is 25.2. The monoisotopic (exact) mass is 564 g/mol. The highest BCUT2D eigenvalue weighted by atomic mass is 15.2. The van der Waals surface area contributed by atoms with Crippen molar-refractivity contribution in [3.05, 3.63) is 162 Å². The van der Waals surface area contributed by atoms with Gasteiger partial charge in [-0.1, -0.05) is 115 Å². The average molecular weight is 565 g/mol. The molecule has 0 fully saturated rings.